The molecule has 0 unspecified atom stereocenters. The van der Waals surface area contributed by atoms with Crippen molar-refractivity contribution >= 4 is 41.3 Å². The SMILES string of the molecule is [2H]C([2H])([2H])C(=O)C(=O)O.[Na]. The summed E-state index contributed by atoms with van der Waals surface area (Å²) in [6.45, 7) is -3.01. The van der Waals surface area contributed by atoms with Gasteiger partial charge in [-0.2, -0.15) is 0 Å². The molecule has 0 atom stereocenters. The van der Waals surface area contributed by atoms with Crippen molar-refractivity contribution in [1.82, 2.24) is 0 Å². The first kappa shape index (κ1) is 4.06. The Kier molecular flexibility index (Phi) is 2.50. The van der Waals surface area contributed by atoms with Crippen molar-refractivity contribution in [3.63, 3.8) is 0 Å². The number of carbonyl (C=O) groups excluding carboxylic acids is 1. The predicted molar refractivity (Wildman–Crippen MR) is 24.1 cm³/mol. The van der Waals surface area contributed by atoms with Crippen molar-refractivity contribution in [1.29, 1.82) is 0 Å². The van der Waals surface area contributed by atoms with E-state index in [0.717, 1.165) is 0 Å². The van der Waals surface area contributed by atoms with Gasteiger partial charge < -0.3 is 5.11 Å². The van der Waals surface area contributed by atoms with Crippen LogP contribution < -0.4 is 0 Å². The molecule has 0 rings (SSSR count). The second-order valence-electron chi connectivity index (χ2n) is 0.634. The zero-order chi connectivity index (χ0) is 7.65. The van der Waals surface area contributed by atoms with Crippen LogP contribution >= 0.6 is 0 Å². The summed E-state index contributed by atoms with van der Waals surface area (Å²) in [6.07, 6.45) is 0. The average Bonchev–Trinajstić information content (AvgIpc) is 1.62. The molecule has 0 aromatic heterocycles. The molecule has 0 saturated carbocycles. The van der Waals surface area contributed by atoms with E-state index in [2.05, 4.69) is 0 Å². The maximum atomic E-state index is 10.0. The molecule has 0 aromatic rings. The molecule has 0 heterocycles. The first-order valence-corrected chi connectivity index (χ1v) is 1.13. The summed E-state index contributed by atoms with van der Waals surface area (Å²) in [6, 6.07) is 0. The van der Waals surface area contributed by atoms with Gasteiger partial charge in [-0.25, -0.2) is 4.79 Å². The molecule has 0 fully saturated rings. The Labute approximate surface area is 67.2 Å². The van der Waals surface area contributed by atoms with Crippen molar-refractivity contribution < 1.29 is 18.8 Å². The van der Waals surface area contributed by atoms with E-state index in [0.29, 0.717) is 0 Å². The Hall–Kier alpha value is 0.140. The first-order chi connectivity index (χ1) is 3.85. The summed E-state index contributed by atoms with van der Waals surface area (Å²) < 4.78 is 18.8. The van der Waals surface area contributed by atoms with Gasteiger partial charge in [-0.3, -0.25) is 4.79 Å². The van der Waals surface area contributed by atoms with Gasteiger partial charge in [0.1, 0.15) is 0 Å². The number of rotatable bonds is 1. The van der Waals surface area contributed by atoms with Crippen LogP contribution in [0.2, 0.25) is 0 Å². The van der Waals surface area contributed by atoms with Crippen molar-refractivity contribution in [2.24, 2.45) is 0 Å². The molecule has 0 saturated heterocycles. The van der Waals surface area contributed by atoms with Gasteiger partial charge in [0, 0.05) is 40.5 Å². The molecule has 0 aliphatic carbocycles. The number of carbonyl (C=O) groups is 2. The summed E-state index contributed by atoms with van der Waals surface area (Å²) in [5, 5.41) is 7.81. The summed E-state index contributed by atoms with van der Waals surface area (Å²) in [5.74, 6) is -3.67. The van der Waals surface area contributed by atoms with Crippen LogP contribution in [0.25, 0.3) is 0 Å². The van der Waals surface area contributed by atoms with E-state index in [1.54, 1.807) is 0 Å². The molecule has 0 amide bonds. The van der Waals surface area contributed by atoms with Crippen molar-refractivity contribution in [3.8, 4) is 0 Å². The fraction of sp³-hybridized carbons (Fsp3) is 0.333. The minimum absolute atomic E-state index is 0. The van der Waals surface area contributed by atoms with Crippen molar-refractivity contribution in [2.75, 3.05) is 0 Å². The number of carboxylic acid groups (broad SMARTS) is 1. The monoisotopic (exact) mass is 114 g/mol. The van der Waals surface area contributed by atoms with Crippen LogP contribution in [0.1, 0.15) is 11.0 Å². The molecule has 0 bridgehead atoms. The largest absolute Gasteiger partial charge is 0.476 e. The summed E-state index contributed by atoms with van der Waals surface area (Å²) in [7, 11) is 0. The van der Waals surface area contributed by atoms with E-state index < -0.39 is 18.6 Å². The van der Waals surface area contributed by atoms with Gasteiger partial charge in [0.25, 0.3) is 0 Å². The van der Waals surface area contributed by atoms with Gasteiger partial charge in [0.2, 0.25) is 5.78 Å². The van der Waals surface area contributed by atoms with Gasteiger partial charge in [0.05, 0.1) is 0 Å². The minimum atomic E-state index is -3.01. The number of aliphatic carboxylic acids is 1. The van der Waals surface area contributed by atoms with Crippen molar-refractivity contribution in [3.05, 3.63) is 0 Å². The number of ketones is 1. The second kappa shape index (κ2) is 4.30. The third-order valence-corrected chi connectivity index (χ3v) is 0.194. The number of Topliss-reactive ketones (excluding diaryl/α,β-unsaturated/α-hetero) is 1. The van der Waals surface area contributed by atoms with E-state index in [1.165, 1.54) is 0 Å². The molecular weight excluding hydrogens is 107 g/mol. The fourth-order valence-electron chi connectivity index (χ4n) is 0. The van der Waals surface area contributed by atoms with Gasteiger partial charge in [-0.1, -0.05) is 0 Å². The molecule has 0 aliphatic heterocycles. The van der Waals surface area contributed by atoms with Crippen LogP contribution in [0.4, 0.5) is 0 Å². The normalized spacial score (nSPS) is 14.6. The molecule has 0 aliphatic rings. The standard InChI is InChI=1S/C3H4O3.Na/c1-2(4)3(5)6;/h1H3,(H,5,6);/i1D3;. The van der Waals surface area contributed by atoms with Crippen LogP contribution in [0.5, 0.6) is 0 Å². The van der Waals surface area contributed by atoms with E-state index >= 15 is 0 Å². The van der Waals surface area contributed by atoms with Crippen molar-refractivity contribution in [2.45, 2.75) is 6.85 Å². The molecular formula is C3H4NaO3. The second-order valence-corrected chi connectivity index (χ2v) is 0.634. The summed E-state index contributed by atoms with van der Waals surface area (Å²) in [4.78, 5) is 19.6. The summed E-state index contributed by atoms with van der Waals surface area (Å²) in [5.41, 5.74) is 0. The molecule has 35 valence electrons. The zero-order valence-electron chi connectivity index (χ0n) is 6.76. The summed E-state index contributed by atoms with van der Waals surface area (Å²) >= 11 is 0. The first-order valence-electron chi connectivity index (χ1n) is 2.63. The van der Waals surface area contributed by atoms with Gasteiger partial charge in [0.15, 0.2) is 0 Å². The molecule has 7 heavy (non-hydrogen) atoms. The third kappa shape index (κ3) is 6.14. The average molecular weight is 114 g/mol. The maximum Gasteiger partial charge on any atom is 0.371 e. The Morgan fingerprint density at radius 1 is 1.71 bits per heavy atom. The number of carboxylic acids is 1. The van der Waals surface area contributed by atoms with E-state index in [-0.39, 0.29) is 29.6 Å². The smallest absolute Gasteiger partial charge is 0.371 e. The molecule has 0 spiro atoms. The van der Waals surface area contributed by atoms with Gasteiger partial charge >= 0.3 is 5.97 Å². The predicted octanol–water partition coefficient (Wildman–Crippen LogP) is -0.721. The van der Waals surface area contributed by atoms with Gasteiger partial charge in [-0.15, -0.1) is 0 Å². The van der Waals surface area contributed by atoms with Crippen LogP contribution in [0.15, 0.2) is 0 Å². The molecule has 0 aromatic carbocycles. The fourth-order valence-corrected chi connectivity index (χ4v) is 0. The molecule has 3 nitrogen and oxygen atoms in total. The zero-order valence-corrected chi connectivity index (χ0v) is 5.76. The maximum absolute atomic E-state index is 10.0. The van der Waals surface area contributed by atoms with Crippen LogP contribution in [0.3, 0.4) is 0 Å². The topological polar surface area (TPSA) is 54.4 Å². The quantitative estimate of drug-likeness (QED) is 0.361. The minimum Gasteiger partial charge on any atom is -0.476 e. The Balaban J connectivity index is 0. The van der Waals surface area contributed by atoms with E-state index in [9.17, 15) is 9.59 Å². The third-order valence-electron chi connectivity index (χ3n) is 0.194. The Bertz CT molecular complexity index is 152. The van der Waals surface area contributed by atoms with E-state index in [4.69, 9.17) is 9.22 Å². The Morgan fingerprint density at radius 3 is 2.14 bits per heavy atom. The van der Waals surface area contributed by atoms with Gasteiger partial charge in [-0.05, 0) is 0 Å². The number of hydrogen-bond acceptors (Lipinski definition) is 2. The molecule has 1 N–H and O–H groups in total. The number of hydrogen-bond donors (Lipinski definition) is 1. The molecule has 1 radical (unpaired) electrons. The van der Waals surface area contributed by atoms with Crippen LogP contribution in [-0.2, 0) is 9.59 Å². The van der Waals surface area contributed by atoms with E-state index in [1.807, 2.05) is 0 Å². The van der Waals surface area contributed by atoms with Crippen LogP contribution in [-0.4, -0.2) is 46.4 Å². The van der Waals surface area contributed by atoms with Crippen LogP contribution in [0, 0.1) is 0 Å². The molecule has 4 heteroatoms. The Morgan fingerprint density at radius 2 is 2.14 bits per heavy atom.